The van der Waals surface area contributed by atoms with E-state index in [4.69, 9.17) is 10.5 Å². The van der Waals surface area contributed by atoms with Crippen LogP contribution in [0.1, 0.15) is 25.3 Å². The predicted molar refractivity (Wildman–Crippen MR) is 72.7 cm³/mol. The van der Waals surface area contributed by atoms with E-state index in [0.717, 1.165) is 24.6 Å². The number of nitrogens with two attached hydrogens (primary N) is 1. The second-order valence-electron chi connectivity index (χ2n) is 4.76. The van der Waals surface area contributed by atoms with Crippen LogP contribution in [0.3, 0.4) is 0 Å². The van der Waals surface area contributed by atoms with Gasteiger partial charge in [-0.1, -0.05) is 0 Å². The second-order valence-corrected chi connectivity index (χ2v) is 5.51. The number of rotatable bonds is 6. The van der Waals surface area contributed by atoms with Gasteiger partial charge in [-0.15, -0.1) is 0 Å². The van der Waals surface area contributed by atoms with Crippen LogP contribution in [0.2, 0.25) is 0 Å². The maximum absolute atomic E-state index is 5.84. The molecule has 0 aliphatic heterocycles. The predicted octanol–water partition coefficient (Wildman–Crippen LogP) is 2.29. The number of methoxy groups -OCH3 is 1. The number of aromatic nitrogens is 1. The van der Waals surface area contributed by atoms with Gasteiger partial charge in [0.05, 0.1) is 6.61 Å². The van der Waals surface area contributed by atoms with E-state index < -0.39 is 0 Å². The molecule has 1 unspecified atom stereocenters. The highest BCUT2D eigenvalue weighted by Gasteiger charge is 2.33. The van der Waals surface area contributed by atoms with E-state index in [9.17, 15) is 0 Å². The van der Waals surface area contributed by atoms with Crippen LogP contribution in [0, 0.1) is 12.8 Å². The van der Waals surface area contributed by atoms with Crippen molar-refractivity contribution >= 4 is 22.4 Å². The fraction of sp³-hybridized carbons (Fsp3) is 0.750. The summed E-state index contributed by atoms with van der Waals surface area (Å²) in [6.07, 6.45) is 2.69. The van der Waals surface area contributed by atoms with E-state index in [0.29, 0.717) is 11.9 Å². The van der Waals surface area contributed by atoms with Gasteiger partial charge in [0.25, 0.3) is 0 Å². The minimum absolute atomic E-state index is 0.559. The van der Waals surface area contributed by atoms with Gasteiger partial charge in [-0.3, -0.25) is 0 Å². The molecule has 1 saturated carbocycles. The van der Waals surface area contributed by atoms with Crippen molar-refractivity contribution in [3.8, 4) is 0 Å². The third-order valence-corrected chi connectivity index (χ3v) is 4.53. The summed E-state index contributed by atoms with van der Waals surface area (Å²) >= 11 is 1.50. The van der Waals surface area contributed by atoms with Gasteiger partial charge in [0, 0.05) is 25.3 Å². The highest BCUT2D eigenvalue weighted by atomic mass is 32.1. The van der Waals surface area contributed by atoms with Gasteiger partial charge < -0.3 is 15.4 Å². The molecule has 1 atom stereocenters. The molecule has 5 heteroatoms. The molecule has 2 N–H and O–H groups in total. The van der Waals surface area contributed by atoms with Crippen molar-refractivity contribution in [3.05, 3.63) is 5.56 Å². The van der Waals surface area contributed by atoms with Crippen LogP contribution < -0.4 is 10.6 Å². The molecule has 0 amide bonds. The summed E-state index contributed by atoms with van der Waals surface area (Å²) < 4.78 is 9.45. The lowest BCUT2D eigenvalue weighted by Gasteiger charge is -2.30. The summed E-state index contributed by atoms with van der Waals surface area (Å²) in [5.74, 6) is 1.49. The van der Waals surface area contributed by atoms with Crippen LogP contribution in [0.15, 0.2) is 0 Å². The minimum atomic E-state index is 0.559. The van der Waals surface area contributed by atoms with Crippen molar-refractivity contribution in [2.45, 2.75) is 32.7 Å². The van der Waals surface area contributed by atoms with E-state index in [-0.39, 0.29) is 0 Å². The van der Waals surface area contributed by atoms with Crippen LogP contribution in [0.5, 0.6) is 0 Å². The summed E-state index contributed by atoms with van der Waals surface area (Å²) in [5, 5.41) is 1.21. The second kappa shape index (κ2) is 5.23. The Morgan fingerprint density at radius 2 is 2.29 bits per heavy atom. The molecule has 96 valence electrons. The SMILES string of the molecule is COCCN(c1snc(N)c1C)C(C)C1CC1. The van der Waals surface area contributed by atoms with E-state index in [1.807, 2.05) is 6.92 Å². The monoisotopic (exact) mass is 255 g/mol. The van der Waals surface area contributed by atoms with Gasteiger partial charge in [-0.2, -0.15) is 4.37 Å². The zero-order valence-corrected chi connectivity index (χ0v) is 11.6. The number of ether oxygens (including phenoxy) is 1. The first-order chi connectivity index (χ1) is 8.15. The van der Waals surface area contributed by atoms with Gasteiger partial charge in [-0.05, 0) is 44.1 Å². The molecule has 2 rings (SSSR count). The molecular formula is C12H21N3OS. The molecule has 0 saturated heterocycles. The van der Waals surface area contributed by atoms with Gasteiger partial charge in [0.1, 0.15) is 10.8 Å². The molecule has 1 aliphatic carbocycles. The maximum Gasteiger partial charge on any atom is 0.142 e. The van der Waals surface area contributed by atoms with Crippen LogP contribution in [0.25, 0.3) is 0 Å². The summed E-state index contributed by atoms with van der Waals surface area (Å²) in [6, 6.07) is 0.559. The van der Waals surface area contributed by atoms with E-state index in [1.165, 1.54) is 29.4 Å². The Morgan fingerprint density at radius 3 is 2.76 bits per heavy atom. The summed E-state index contributed by atoms with van der Waals surface area (Å²) in [6.45, 7) is 6.00. The van der Waals surface area contributed by atoms with Crippen LogP contribution in [-0.4, -0.2) is 30.7 Å². The van der Waals surface area contributed by atoms with E-state index in [2.05, 4.69) is 16.2 Å². The van der Waals surface area contributed by atoms with Gasteiger partial charge in [0.2, 0.25) is 0 Å². The normalized spacial score (nSPS) is 17.1. The summed E-state index contributed by atoms with van der Waals surface area (Å²) in [5.41, 5.74) is 6.95. The fourth-order valence-corrected chi connectivity index (χ4v) is 3.05. The number of nitrogen functional groups attached to an aromatic ring is 1. The third-order valence-electron chi connectivity index (χ3n) is 3.53. The molecule has 1 fully saturated rings. The molecule has 0 aromatic carbocycles. The van der Waals surface area contributed by atoms with Crippen molar-refractivity contribution in [2.24, 2.45) is 5.92 Å². The quantitative estimate of drug-likeness (QED) is 0.847. The van der Waals surface area contributed by atoms with Crippen LogP contribution in [-0.2, 0) is 4.74 Å². The van der Waals surface area contributed by atoms with Crippen LogP contribution in [0.4, 0.5) is 10.8 Å². The molecule has 1 aromatic heterocycles. The molecule has 1 aliphatic rings. The molecule has 1 heterocycles. The Labute approximate surface area is 107 Å². The molecular weight excluding hydrogens is 234 g/mol. The first kappa shape index (κ1) is 12.6. The Bertz CT molecular complexity index is 376. The molecule has 0 spiro atoms. The average molecular weight is 255 g/mol. The van der Waals surface area contributed by atoms with Gasteiger partial charge >= 0.3 is 0 Å². The summed E-state index contributed by atoms with van der Waals surface area (Å²) in [4.78, 5) is 2.41. The van der Waals surface area contributed by atoms with E-state index in [1.54, 1.807) is 7.11 Å². The van der Waals surface area contributed by atoms with Crippen LogP contribution >= 0.6 is 11.5 Å². The Hall–Kier alpha value is -0.810. The summed E-state index contributed by atoms with van der Waals surface area (Å²) in [7, 11) is 1.74. The average Bonchev–Trinajstić information content (AvgIpc) is 3.11. The van der Waals surface area contributed by atoms with Gasteiger partial charge in [-0.25, -0.2) is 0 Å². The van der Waals surface area contributed by atoms with Crippen molar-refractivity contribution in [1.82, 2.24) is 4.37 Å². The van der Waals surface area contributed by atoms with Crippen molar-refractivity contribution < 1.29 is 4.74 Å². The highest BCUT2D eigenvalue weighted by Crippen LogP contribution is 2.39. The van der Waals surface area contributed by atoms with Gasteiger partial charge in [0.15, 0.2) is 0 Å². The highest BCUT2D eigenvalue weighted by molar-refractivity contribution is 7.10. The van der Waals surface area contributed by atoms with E-state index >= 15 is 0 Å². The molecule has 1 aromatic rings. The molecule has 0 radical (unpaired) electrons. The smallest absolute Gasteiger partial charge is 0.142 e. The Kier molecular flexibility index (Phi) is 3.89. The zero-order valence-electron chi connectivity index (χ0n) is 10.8. The Balaban J connectivity index is 2.16. The van der Waals surface area contributed by atoms with Crippen molar-refractivity contribution in [1.29, 1.82) is 0 Å². The minimum Gasteiger partial charge on any atom is -0.383 e. The lowest BCUT2D eigenvalue weighted by molar-refractivity contribution is 0.203. The zero-order chi connectivity index (χ0) is 12.4. The topological polar surface area (TPSA) is 51.4 Å². The number of nitrogens with zero attached hydrogens (tertiary/aromatic N) is 2. The maximum atomic E-state index is 5.84. The largest absolute Gasteiger partial charge is 0.383 e. The lowest BCUT2D eigenvalue weighted by atomic mass is 10.1. The lowest BCUT2D eigenvalue weighted by Crippen LogP contribution is -2.37. The van der Waals surface area contributed by atoms with Crippen molar-refractivity contribution in [2.75, 3.05) is 30.9 Å². The first-order valence-corrected chi connectivity index (χ1v) is 6.89. The number of anilines is 2. The molecule has 0 bridgehead atoms. The standard InChI is InChI=1S/C12H21N3OS/c1-8-11(13)14-17-12(8)15(6-7-16-3)9(2)10-4-5-10/h9-10H,4-7H2,1-3H3,(H2,13,14). The number of hydrogen-bond donors (Lipinski definition) is 1. The molecule has 4 nitrogen and oxygen atoms in total. The first-order valence-electron chi connectivity index (χ1n) is 6.12. The Morgan fingerprint density at radius 1 is 1.59 bits per heavy atom. The third kappa shape index (κ3) is 2.72. The van der Waals surface area contributed by atoms with Crippen molar-refractivity contribution in [3.63, 3.8) is 0 Å². The number of hydrogen-bond acceptors (Lipinski definition) is 5. The molecule has 17 heavy (non-hydrogen) atoms. The fourth-order valence-electron chi connectivity index (χ4n) is 2.12.